The number of hydrogen-bond donors (Lipinski definition) is 2. The van der Waals surface area contributed by atoms with E-state index in [1.165, 1.54) is 12.1 Å². The number of anilines is 1. The highest BCUT2D eigenvalue weighted by Gasteiger charge is 2.12. The molecule has 0 saturated carbocycles. The molecular weight excluding hydrogens is 238 g/mol. The van der Waals surface area contributed by atoms with Crippen molar-refractivity contribution >= 4 is 5.69 Å². The van der Waals surface area contributed by atoms with Gasteiger partial charge in [0.2, 0.25) is 0 Å². The van der Waals surface area contributed by atoms with Gasteiger partial charge in [0.15, 0.2) is 0 Å². The summed E-state index contributed by atoms with van der Waals surface area (Å²) in [5.41, 5.74) is 8.02. The molecule has 0 fully saturated rings. The lowest BCUT2D eigenvalue weighted by atomic mass is 9.97. The average molecular weight is 249 g/mol. The van der Waals surface area contributed by atoms with Crippen molar-refractivity contribution in [2.75, 3.05) is 5.73 Å². The van der Waals surface area contributed by atoms with Crippen LogP contribution in [0, 0.1) is 22.7 Å². The van der Waals surface area contributed by atoms with Crippen LogP contribution in [0.5, 0.6) is 0 Å². The Balaban J connectivity index is 2.40. The summed E-state index contributed by atoms with van der Waals surface area (Å²) in [5, 5.41) is 28.0. The fourth-order valence-electron chi connectivity index (χ4n) is 1.79. The van der Waals surface area contributed by atoms with Gasteiger partial charge in [0.05, 0.1) is 11.1 Å². The normalized spacial score (nSPS) is 11.3. The van der Waals surface area contributed by atoms with E-state index in [0.29, 0.717) is 22.4 Å². The first-order valence-electron chi connectivity index (χ1n) is 5.63. The number of rotatable bonds is 2. The second-order valence-electron chi connectivity index (χ2n) is 4.10. The molecule has 0 amide bonds. The number of aliphatic hydroxyl groups excluding tert-OH is 1. The zero-order chi connectivity index (χ0) is 13.8. The molecule has 92 valence electrons. The van der Waals surface area contributed by atoms with Crippen LogP contribution in [0.4, 0.5) is 5.69 Å². The van der Waals surface area contributed by atoms with Crippen molar-refractivity contribution in [3.8, 4) is 12.1 Å². The first-order valence-corrected chi connectivity index (χ1v) is 5.63. The minimum Gasteiger partial charge on any atom is -0.399 e. The number of nitrogen functional groups attached to an aromatic ring is 1. The van der Waals surface area contributed by atoms with Gasteiger partial charge >= 0.3 is 0 Å². The van der Waals surface area contributed by atoms with Crippen LogP contribution < -0.4 is 5.73 Å². The summed E-state index contributed by atoms with van der Waals surface area (Å²) in [7, 11) is 0. The zero-order valence-electron chi connectivity index (χ0n) is 10.0. The molecule has 0 heterocycles. The first-order chi connectivity index (χ1) is 9.15. The molecule has 0 aliphatic heterocycles. The van der Waals surface area contributed by atoms with Crippen LogP contribution >= 0.6 is 0 Å². The second kappa shape index (κ2) is 5.22. The van der Waals surface area contributed by atoms with E-state index in [9.17, 15) is 5.11 Å². The number of aliphatic hydroxyl groups is 1. The van der Waals surface area contributed by atoms with Gasteiger partial charge in [-0.1, -0.05) is 18.2 Å². The maximum absolute atomic E-state index is 10.2. The minimum atomic E-state index is -0.847. The zero-order valence-corrected chi connectivity index (χ0v) is 10.0. The third kappa shape index (κ3) is 2.55. The molecule has 19 heavy (non-hydrogen) atoms. The van der Waals surface area contributed by atoms with Crippen LogP contribution in [-0.4, -0.2) is 5.11 Å². The molecule has 2 rings (SSSR count). The molecule has 0 radical (unpaired) electrons. The number of benzene rings is 2. The van der Waals surface area contributed by atoms with Gasteiger partial charge in [-0.25, -0.2) is 0 Å². The Morgan fingerprint density at radius 2 is 1.47 bits per heavy atom. The predicted molar refractivity (Wildman–Crippen MR) is 70.8 cm³/mol. The van der Waals surface area contributed by atoms with Crippen LogP contribution in [0.25, 0.3) is 0 Å². The van der Waals surface area contributed by atoms with Crippen molar-refractivity contribution in [3.05, 3.63) is 64.7 Å². The lowest BCUT2D eigenvalue weighted by Crippen LogP contribution is -2.01. The Hall–Kier alpha value is -2.82. The maximum Gasteiger partial charge on any atom is 0.104 e. The molecule has 3 N–H and O–H groups in total. The standard InChI is InChI=1S/C15H11N3O/c16-8-12-2-1-11(7-13(12)9-17)15(19)10-3-5-14(18)6-4-10/h1-7,15,19H,18H2. The number of nitriles is 2. The SMILES string of the molecule is N#Cc1ccc(C(O)c2ccc(N)cc2)cc1C#N. The summed E-state index contributed by atoms with van der Waals surface area (Å²) >= 11 is 0. The molecule has 0 saturated heterocycles. The van der Waals surface area contributed by atoms with Crippen molar-refractivity contribution in [3.63, 3.8) is 0 Å². The summed E-state index contributed by atoms with van der Waals surface area (Å²) < 4.78 is 0. The van der Waals surface area contributed by atoms with Gasteiger partial charge in [-0.3, -0.25) is 0 Å². The van der Waals surface area contributed by atoms with E-state index >= 15 is 0 Å². The molecule has 0 aliphatic rings. The number of nitrogens with two attached hydrogens (primary N) is 1. The van der Waals surface area contributed by atoms with Gasteiger partial charge in [-0.15, -0.1) is 0 Å². The quantitative estimate of drug-likeness (QED) is 0.797. The van der Waals surface area contributed by atoms with Gasteiger partial charge in [0.25, 0.3) is 0 Å². The Labute approximate surface area is 111 Å². The average Bonchev–Trinajstić information content (AvgIpc) is 2.46. The molecule has 0 spiro atoms. The largest absolute Gasteiger partial charge is 0.399 e. The van der Waals surface area contributed by atoms with Gasteiger partial charge < -0.3 is 10.8 Å². The van der Waals surface area contributed by atoms with Crippen LogP contribution in [0.3, 0.4) is 0 Å². The molecule has 1 unspecified atom stereocenters. The molecule has 0 aliphatic carbocycles. The molecule has 2 aromatic carbocycles. The highest BCUT2D eigenvalue weighted by molar-refractivity contribution is 5.49. The Morgan fingerprint density at radius 1 is 0.895 bits per heavy atom. The van der Waals surface area contributed by atoms with Crippen LogP contribution in [-0.2, 0) is 0 Å². The fourth-order valence-corrected chi connectivity index (χ4v) is 1.79. The summed E-state index contributed by atoms with van der Waals surface area (Å²) in [6.45, 7) is 0. The topological polar surface area (TPSA) is 93.8 Å². The summed E-state index contributed by atoms with van der Waals surface area (Å²) in [5.74, 6) is 0. The Morgan fingerprint density at radius 3 is 2.05 bits per heavy atom. The van der Waals surface area contributed by atoms with Crippen molar-refractivity contribution < 1.29 is 5.11 Å². The van der Waals surface area contributed by atoms with Crippen molar-refractivity contribution in [1.29, 1.82) is 10.5 Å². The third-order valence-electron chi connectivity index (χ3n) is 2.85. The highest BCUT2D eigenvalue weighted by Crippen LogP contribution is 2.24. The smallest absolute Gasteiger partial charge is 0.104 e. The van der Waals surface area contributed by atoms with Crippen molar-refractivity contribution in [2.24, 2.45) is 0 Å². The van der Waals surface area contributed by atoms with E-state index in [1.807, 2.05) is 12.1 Å². The lowest BCUT2D eigenvalue weighted by molar-refractivity contribution is 0.220. The monoisotopic (exact) mass is 249 g/mol. The molecular formula is C15H11N3O. The molecule has 4 heteroatoms. The van der Waals surface area contributed by atoms with Crippen LogP contribution in [0.2, 0.25) is 0 Å². The van der Waals surface area contributed by atoms with Gasteiger partial charge in [0.1, 0.15) is 18.2 Å². The predicted octanol–water partition coefficient (Wildman–Crippen LogP) is 2.09. The van der Waals surface area contributed by atoms with E-state index < -0.39 is 6.10 Å². The third-order valence-corrected chi connectivity index (χ3v) is 2.85. The maximum atomic E-state index is 10.2. The second-order valence-corrected chi connectivity index (χ2v) is 4.10. The minimum absolute atomic E-state index is 0.259. The van der Waals surface area contributed by atoms with E-state index in [1.54, 1.807) is 30.3 Å². The van der Waals surface area contributed by atoms with Crippen LogP contribution in [0.1, 0.15) is 28.4 Å². The van der Waals surface area contributed by atoms with Crippen LogP contribution in [0.15, 0.2) is 42.5 Å². The van der Waals surface area contributed by atoms with Gasteiger partial charge in [-0.05, 0) is 35.4 Å². The Kier molecular flexibility index (Phi) is 3.47. The molecule has 4 nitrogen and oxygen atoms in total. The molecule has 0 bridgehead atoms. The van der Waals surface area contributed by atoms with Gasteiger partial charge in [0, 0.05) is 5.69 Å². The van der Waals surface area contributed by atoms with E-state index in [-0.39, 0.29) is 5.56 Å². The molecule has 0 aromatic heterocycles. The first kappa shape index (κ1) is 12.6. The van der Waals surface area contributed by atoms with E-state index in [0.717, 1.165) is 0 Å². The van der Waals surface area contributed by atoms with Crippen molar-refractivity contribution in [1.82, 2.24) is 0 Å². The lowest BCUT2D eigenvalue weighted by Gasteiger charge is -2.12. The number of nitrogens with zero attached hydrogens (tertiary/aromatic N) is 2. The summed E-state index contributed by atoms with van der Waals surface area (Å²) in [4.78, 5) is 0. The number of hydrogen-bond acceptors (Lipinski definition) is 4. The highest BCUT2D eigenvalue weighted by atomic mass is 16.3. The van der Waals surface area contributed by atoms with E-state index in [2.05, 4.69) is 0 Å². The molecule has 1 atom stereocenters. The summed E-state index contributed by atoms with van der Waals surface area (Å²) in [6.07, 6.45) is -0.847. The van der Waals surface area contributed by atoms with E-state index in [4.69, 9.17) is 16.3 Å². The summed E-state index contributed by atoms with van der Waals surface area (Å²) in [6, 6.07) is 15.4. The van der Waals surface area contributed by atoms with Gasteiger partial charge in [-0.2, -0.15) is 10.5 Å². The van der Waals surface area contributed by atoms with Crippen molar-refractivity contribution in [2.45, 2.75) is 6.10 Å². The Bertz CT molecular complexity index is 678. The molecule has 2 aromatic rings. The fraction of sp³-hybridized carbons (Fsp3) is 0.0667.